The minimum Gasteiger partial charge on any atom is -0.870 e. The molecule has 0 saturated heterocycles. The predicted octanol–water partition coefficient (Wildman–Crippen LogP) is 11.6. The summed E-state index contributed by atoms with van der Waals surface area (Å²) in [4.78, 5) is 68.6. The fourth-order valence-corrected chi connectivity index (χ4v) is 11.8. The van der Waals surface area contributed by atoms with Gasteiger partial charge in [0.1, 0.15) is 23.6 Å². The van der Waals surface area contributed by atoms with Crippen molar-refractivity contribution in [3.8, 4) is 0 Å². The fraction of sp³-hybridized carbons (Fsp3) is 0.745. The molecule has 0 aromatic carbocycles. The number of fused-ring (bicyclic) bond motifs is 4. The third kappa shape index (κ3) is 18.7. The second kappa shape index (κ2) is 29.6. The second-order valence-corrected chi connectivity index (χ2v) is 48.1. The van der Waals surface area contributed by atoms with Crippen LogP contribution in [0.5, 0.6) is 0 Å². The third-order valence-corrected chi connectivity index (χ3v) is 17.9. The molecule has 4 saturated carbocycles. The number of aldehydes is 1. The monoisotopic (exact) mass is 1190 g/mol. The van der Waals surface area contributed by atoms with Crippen LogP contribution in [0, 0.1) is 74.9 Å². The van der Waals surface area contributed by atoms with Crippen LogP contribution in [0.1, 0.15) is 175 Å². The third-order valence-electron chi connectivity index (χ3n) is 17.9. The zero-order chi connectivity index (χ0) is 52.5. The zero-order valence-electron chi connectivity index (χ0n) is 46.0. The van der Waals surface area contributed by atoms with Crippen LogP contribution in [0.2, 0.25) is 0 Å². The Kier molecular flexibility index (Phi) is 29.7. The molecule has 9 unspecified atom stereocenters. The number of ether oxygens (including phenoxy) is 2. The Hall–Kier alpha value is 0.135. The number of hydrogen-bond acceptors (Lipinski definition) is 9. The predicted molar refractivity (Wildman–Crippen MR) is 285 cm³/mol. The van der Waals surface area contributed by atoms with Crippen LogP contribution in [-0.2, 0) is 38.2 Å². The van der Waals surface area contributed by atoms with Crippen LogP contribution in [0.3, 0.4) is 0 Å². The molecular weight excluding hydrogens is 1100 g/mol. The van der Waals surface area contributed by atoms with Gasteiger partial charge >= 0.3 is 113 Å². The van der Waals surface area contributed by atoms with E-state index in [1.165, 1.54) is 43.4 Å². The van der Waals surface area contributed by atoms with Gasteiger partial charge in [-0.3, -0.25) is 19.2 Å². The van der Waals surface area contributed by atoms with E-state index in [4.69, 9.17) is 45.2 Å². The topological polar surface area (TPSA) is 151 Å². The minimum atomic E-state index is -3.29. The van der Waals surface area contributed by atoms with E-state index in [2.05, 4.69) is 95.2 Å². The quantitative estimate of drug-likeness (QED) is 0.0354. The Bertz CT molecular complexity index is 1950. The molecule has 6 aliphatic carbocycles. The van der Waals surface area contributed by atoms with Gasteiger partial charge in [-0.25, -0.2) is 4.79 Å². The number of hydrogen-bond donors (Lipinski definition) is 0. The van der Waals surface area contributed by atoms with Crippen LogP contribution < -0.4 is 51.4 Å². The Balaban J connectivity index is 0.000000884. The van der Waals surface area contributed by atoms with E-state index in [1.807, 2.05) is 6.08 Å². The Morgan fingerprint density at radius 1 is 0.743 bits per heavy atom. The summed E-state index contributed by atoms with van der Waals surface area (Å²) in [5, 5.41) is 0. The van der Waals surface area contributed by atoms with Crippen LogP contribution in [0.25, 0.3) is 0 Å². The minimum absolute atomic E-state index is 0. The number of halogens is 4. The smallest absolute Gasteiger partial charge is 0.870 e. The summed E-state index contributed by atoms with van der Waals surface area (Å²) in [6.07, 6.45) is 16.3. The summed E-state index contributed by atoms with van der Waals surface area (Å²) in [7, 11) is 20.1. The molecule has 15 heteroatoms. The van der Waals surface area contributed by atoms with Gasteiger partial charge in [0, 0.05) is 6.42 Å². The summed E-state index contributed by atoms with van der Waals surface area (Å²) < 4.78 is 10.0. The van der Waals surface area contributed by atoms with Crippen LogP contribution in [-0.4, -0.2) is 68.1 Å². The van der Waals surface area contributed by atoms with Gasteiger partial charge in [0.15, 0.2) is 11.6 Å². The summed E-state index contributed by atoms with van der Waals surface area (Å²) >= 11 is -3.29. The van der Waals surface area contributed by atoms with Crippen LogP contribution in [0.4, 0.5) is 0 Å². The van der Waals surface area contributed by atoms with E-state index < -0.39 is 25.8 Å². The van der Waals surface area contributed by atoms with Gasteiger partial charge in [-0.2, -0.15) is 0 Å². The largest absolute Gasteiger partial charge is 1.00 e. The molecule has 0 amide bonds. The molecule has 9 atom stereocenters. The van der Waals surface area contributed by atoms with Crippen molar-refractivity contribution < 1.29 is 95.1 Å². The molecule has 6 rings (SSSR count). The molecule has 70 heavy (non-hydrogen) atoms. The number of carbonyl (C=O) groups excluding carboxylic acids is 6. The van der Waals surface area contributed by atoms with E-state index in [-0.39, 0.29) is 91.0 Å². The molecule has 0 aromatic heterocycles. The Morgan fingerprint density at radius 2 is 1.19 bits per heavy atom. The molecule has 1 N–H and O–H groups in total. The van der Waals surface area contributed by atoms with Crippen molar-refractivity contribution in [1.29, 1.82) is 0 Å². The van der Waals surface area contributed by atoms with E-state index in [0.717, 1.165) is 55.8 Å². The first-order valence-electron chi connectivity index (χ1n) is 24.9. The molecular formula is C55H87Cl4KO9Sn. The van der Waals surface area contributed by atoms with Gasteiger partial charge in [-0.05, 0) is 180 Å². The van der Waals surface area contributed by atoms with Gasteiger partial charge in [0.25, 0.3) is 0 Å². The number of esters is 2. The van der Waals surface area contributed by atoms with Crippen LogP contribution in [0.15, 0.2) is 46.1 Å². The van der Waals surface area contributed by atoms with Gasteiger partial charge in [-0.15, -0.1) is 0 Å². The molecule has 0 spiro atoms. The molecule has 0 aliphatic heterocycles. The number of carbonyl (C=O) groups is 6. The average molecular weight is 1190 g/mol. The molecule has 0 aromatic rings. The van der Waals surface area contributed by atoms with E-state index in [9.17, 15) is 28.8 Å². The maximum atomic E-state index is 12.0. The molecule has 394 valence electrons. The molecule has 6 aliphatic rings. The first-order valence-corrected chi connectivity index (χ1v) is 39.4. The molecule has 0 radical (unpaired) electrons. The number of ketones is 3. The van der Waals surface area contributed by atoms with Crippen LogP contribution >= 0.6 is 35.7 Å². The average Bonchev–Trinajstić information content (AvgIpc) is 4.02. The number of rotatable bonds is 12. The second-order valence-electron chi connectivity index (χ2n) is 22.6. The summed E-state index contributed by atoms with van der Waals surface area (Å²) in [5.74, 6) is 3.40. The number of Topliss-reactive ketones (excluding diaryl/α,β-unsaturated/α-hetero) is 2. The normalized spacial score (nSPS) is 29.2. The van der Waals surface area contributed by atoms with Crippen molar-refractivity contribution in [3.05, 3.63) is 46.1 Å². The van der Waals surface area contributed by atoms with Crippen molar-refractivity contribution in [3.63, 3.8) is 0 Å². The zero-order valence-corrected chi connectivity index (χ0v) is 55.0. The fourth-order valence-electron chi connectivity index (χ4n) is 11.8. The van der Waals surface area contributed by atoms with Crippen molar-refractivity contribution in [2.45, 2.75) is 175 Å². The number of allylic oxidation sites excluding steroid dienone is 7. The van der Waals surface area contributed by atoms with Crippen molar-refractivity contribution in [1.82, 2.24) is 0 Å². The summed E-state index contributed by atoms with van der Waals surface area (Å²) in [5.41, 5.74) is 6.88. The van der Waals surface area contributed by atoms with Gasteiger partial charge in [0.05, 0.1) is 13.2 Å². The first-order chi connectivity index (χ1) is 31.1. The maximum absolute atomic E-state index is 12.0. The van der Waals surface area contributed by atoms with Gasteiger partial charge in [-0.1, -0.05) is 98.1 Å². The van der Waals surface area contributed by atoms with Gasteiger partial charge in [0.2, 0.25) is 0 Å². The standard InChI is InChI=1S/C16H24O3.C16H26O3.C13H20O.C10H16O.4ClH.K.H2O.Sn/c1-6-19-15(18)14(10(3)17)13-8-11-7-12(13)9(2)16(11,4)5;1-6-19-15(18)14(12(3)17)10-9-13-8-7-11(2)16(13,4)5;1-8(14)5-10-6-11-7-12(10)9(2)13(11,3)4;1-8-4-5-9(6-7-11)10(8,2)3;;;;;;;/h9,11-12H,6-8H2,1-5H3;7,13-14H,6,8-10H2,1-5H3;5,9,11-12H,6-7H2,1-4H3;4,7,9H,5-6H2,1-3H3;4*1H;;1H2;/q;;;;;;;;+1;;+4/p-5/b14-13+;;10-5-;;;;;;;;. The Labute approximate surface area is 484 Å². The van der Waals surface area contributed by atoms with E-state index in [1.54, 1.807) is 20.8 Å². The molecule has 9 nitrogen and oxygen atoms in total. The maximum Gasteiger partial charge on any atom is 1.00 e. The summed E-state index contributed by atoms with van der Waals surface area (Å²) in [6, 6.07) is 0. The first kappa shape index (κ1) is 70.1. The molecule has 0 heterocycles. The van der Waals surface area contributed by atoms with Crippen molar-refractivity contribution in [2.24, 2.45) is 74.9 Å². The Morgan fingerprint density at radius 3 is 1.53 bits per heavy atom. The molecule has 4 fully saturated rings. The van der Waals surface area contributed by atoms with Crippen molar-refractivity contribution >= 4 is 85.1 Å². The SMILES string of the molecule is CC(=O)/C=C1/CC2CC1C(C)C2(C)C.CC1=CCC(CC=O)C1(C)C.CCOC(=O)/C(C(C)=O)=C1\CC2CC1C(C)C2(C)C.CCOC(=O)C(CCC1CC=C(C)C1(C)C)C(C)=O.[Cl][Sn]([Cl])([Cl])[Cl].[K+].[OH-]. The summed E-state index contributed by atoms with van der Waals surface area (Å²) in [6.45, 7) is 36.0. The van der Waals surface area contributed by atoms with E-state index >= 15 is 0 Å². The van der Waals surface area contributed by atoms with Gasteiger partial charge < -0.3 is 19.7 Å². The van der Waals surface area contributed by atoms with E-state index in [0.29, 0.717) is 78.0 Å². The molecule has 4 bridgehead atoms. The van der Waals surface area contributed by atoms with Crippen molar-refractivity contribution in [2.75, 3.05) is 13.2 Å².